The number of piperidine rings is 1. The van der Waals surface area contributed by atoms with Crippen LogP contribution in [0.25, 0.3) is 0 Å². The van der Waals surface area contributed by atoms with E-state index in [1.807, 2.05) is 0 Å². The maximum atomic E-state index is 3.66. The monoisotopic (exact) mass is 257 g/mol. The van der Waals surface area contributed by atoms with Crippen molar-refractivity contribution in [1.82, 2.24) is 5.32 Å². The first-order valence-electron chi connectivity index (χ1n) is 8.24. The number of benzene rings is 1. The third-order valence-electron chi connectivity index (χ3n) is 5.02. The Morgan fingerprint density at radius 2 is 1.89 bits per heavy atom. The van der Waals surface area contributed by atoms with E-state index < -0.39 is 0 Å². The van der Waals surface area contributed by atoms with Crippen LogP contribution in [0.1, 0.15) is 68.4 Å². The van der Waals surface area contributed by atoms with Gasteiger partial charge in [0, 0.05) is 6.04 Å². The van der Waals surface area contributed by atoms with Crippen LogP contribution in [-0.2, 0) is 6.42 Å². The third kappa shape index (κ3) is 3.39. The standard InChI is InChI=1S/C18H27N/c1(3-9-17-10-5-6-14-19-17)7-15-12-13-16-8-2-4-11-18(15)16/h2,4,8,11,15,17,19H,1,3,5-7,9-10,12-14H2. The second-order valence-corrected chi connectivity index (χ2v) is 6.37. The first-order valence-corrected chi connectivity index (χ1v) is 8.24. The minimum atomic E-state index is 0.824. The molecule has 1 aromatic carbocycles. The van der Waals surface area contributed by atoms with Crippen LogP contribution < -0.4 is 5.32 Å². The van der Waals surface area contributed by atoms with Gasteiger partial charge in [0.25, 0.3) is 0 Å². The minimum Gasteiger partial charge on any atom is -0.314 e. The molecule has 104 valence electrons. The van der Waals surface area contributed by atoms with Gasteiger partial charge in [-0.05, 0) is 62.1 Å². The summed E-state index contributed by atoms with van der Waals surface area (Å²) in [5.74, 6) is 0.857. The van der Waals surface area contributed by atoms with Crippen LogP contribution in [0.3, 0.4) is 0 Å². The van der Waals surface area contributed by atoms with Gasteiger partial charge < -0.3 is 5.32 Å². The lowest BCUT2D eigenvalue weighted by Gasteiger charge is -2.23. The average molecular weight is 257 g/mol. The molecule has 1 aliphatic heterocycles. The summed E-state index contributed by atoms with van der Waals surface area (Å²) in [5, 5.41) is 3.66. The topological polar surface area (TPSA) is 12.0 Å². The zero-order chi connectivity index (χ0) is 12.9. The molecule has 1 nitrogen and oxygen atoms in total. The van der Waals surface area contributed by atoms with Crippen molar-refractivity contribution in [1.29, 1.82) is 0 Å². The molecule has 2 unspecified atom stereocenters. The first-order chi connectivity index (χ1) is 9.43. The van der Waals surface area contributed by atoms with Crippen molar-refractivity contribution < 1.29 is 0 Å². The summed E-state index contributed by atoms with van der Waals surface area (Å²) in [6, 6.07) is 9.90. The zero-order valence-electron chi connectivity index (χ0n) is 12.0. The molecule has 0 saturated carbocycles. The predicted molar refractivity (Wildman–Crippen MR) is 81.6 cm³/mol. The molecule has 0 aromatic heterocycles. The van der Waals surface area contributed by atoms with E-state index in [0.717, 1.165) is 12.0 Å². The average Bonchev–Trinajstić information content (AvgIpc) is 2.88. The molecule has 0 radical (unpaired) electrons. The Bertz CT molecular complexity index is 392. The molecular weight excluding hydrogens is 230 g/mol. The van der Waals surface area contributed by atoms with E-state index in [9.17, 15) is 0 Å². The lowest BCUT2D eigenvalue weighted by atomic mass is 9.93. The van der Waals surface area contributed by atoms with Crippen LogP contribution >= 0.6 is 0 Å². The Labute approximate surface area is 117 Å². The highest BCUT2D eigenvalue weighted by Gasteiger charge is 2.21. The van der Waals surface area contributed by atoms with Gasteiger partial charge in [-0.3, -0.25) is 0 Å². The Morgan fingerprint density at radius 1 is 1.00 bits per heavy atom. The van der Waals surface area contributed by atoms with Crippen molar-refractivity contribution in [2.75, 3.05) is 6.54 Å². The zero-order valence-corrected chi connectivity index (χ0v) is 12.0. The van der Waals surface area contributed by atoms with E-state index >= 15 is 0 Å². The number of hydrogen-bond acceptors (Lipinski definition) is 1. The number of hydrogen-bond donors (Lipinski definition) is 1. The summed E-state index contributed by atoms with van der Waals surface area (Å²) in [4.78, 5) is 0. The number of fused-ring (bicyclic) bond motifs is 1. The molecule has 0 spiro atoms. The predicted octanol–water partition coefficient (Wildman–Crippen LogP) is 4.42. The SMILES string of the molecule is c1ccc2c(c1)CCC2CCCCC1CCCCN1. The van der Waals surface area contributed by atoms with Crippen LogP contribution in [0.4, 0.5) is 0 Å². The Hall–Kier alpha value is -0.820. The Kier molecular flexibility index (Phi) is 4.55. The molecule has 3 rings (SSSR count). The van der Waals surface area contributed by atoms with Crippen molar-refractivity contribution in [3.8, 4) is 0 Å². The molecule has 1 saturated heterocycles. The Morgan fingerprint density at radius 3 is 2.79 bits per heavy atom. The van der Waals surface area contributed by atoms with Crippen molar-refractivity contribution in [2.45, 2.75) is 69.7 Å². The van der Waals surface area contributed by atoms with Crippen LogP contribution in [-0.4, -0.2) is 12.6 Å². The molecule has 0 amide bonds. The van der Waals surface area contributed by atoms with Gasteiger partial charge in [-0.15, -0.1) is 0 Å². The van der Waals surface area contributed by atoms with Crippen molar-refractivity contribution in [3.63, 3.8) is 0 Å². The Balaban J connectivity index is 1.39. The van der Waals surface area contributed by atoms with Gasteiger partial charge in [-0.1, -0.05) is 43.5 Å². The van der Waals surface area contributed by atoms with Crippen molar-refractivity contribution in [2.24, 2.45) is 0 Å². The quantitative estimate of drug-likeness (QED) is 0.770. The minimum absolute atomic E-state index is 0.824. The number of nitrogens with one attached hydrogen (secondary N) is 1. The third-order valence-corrected chi connectivity index (χ3v) is 5.02. The molecule has 1 fully saturated rings. The summed E-state index contributed by atoms with van der Waals surface area (Å²) in [6.07, 6.45) is 12.6. The maximum Gasteiger partial charge on any atom is 0.00670 e. The molecule has 1 aliphatic carbocycles. The van der Waals surface area contributed by atoms with Gasteiger partial charge in [0.2, 0.25) is 0 Å². The van der Waals surface area contributed by atoms with Gasteiger partial charge in [0.1, 0.15) is 0 Å². The van der Waals surface area contributed by atoms with E-state index in [1.54, 1.807) is 11.1 Å². The molecule has 0 bridgehead atoms. The summed E-state index contributed by atoms with van der Waals surface area (Å²) in [6.45, 7) is 1.25. The largest absolute Gasteiger partial charge is 0.314 e. The smallest absolute Gasteiger partial charge is 0.00670 e. The summed E-state index contributed by atoms with van der Waals surface area (Å²) >= 11 is 0. The number of unbranched alkanes of at least 4 members (excludes halogenated alkanes) is 1. The molecule has 1 heterocycles. The molecule has 1 aromatic rings. The second-order valence-electron chi connectivity index (χ2n) is 6.37. The molecular formula is C18H27N. The van der Waals surface area contributed by atoms with Gasteiger partial charge in [0.05, 0.1) is 0 Å². The van der Waals surface area contributed by atoms with E-state index in [1.165, 1.54) is 64.3 Å². The molecule has 1 N–H and O–H groups in total. The van der Waals surface area contributed by atoms with Crippen LogP contribution in [0.2, 0.25) is 0 Å². The molecule has 2 atom stereocenters. The highest BCUT2D eigenvalue weighted by atomic mass is 14.9. The number of aryl methyl sites for hydroxylation is 1. The van der Waals surface area contributed by atoms with E-state index in [4.69, 9.17) is 0 Å². The first kappa shape index (κ1) is 13.2. The lowest BCUT2D eigenvalue weighted by molar-refractivity contribution is 0.369. The lowest BCUT2D eigenvalue weighted by Crippen LogP contribution is -2.33. The normalized spacial score (nSPS) is 26.3. The summed E-state index contributed by atoms with van der Waals surface area (Å²) in [5.41, 5.74) is 3.26. The summed E-state index contributed by atoms with van der Waals surface area (Å²) < 4.78 is 0. The van der Waals surface area contributed by atoms with E-state index in [2.05, 4.69) is 29.6 Å². The van der Waals surface area contributed by atoms with Gasteiger partial charge in [-0.2, -0.15) is 0 Å². The van der Waals surface area contributed by atoms with Gasteiger partial charge in [0.15, 0.2) is 0 Å². The summed E-state index contributed by atoms with van der Waals surface area (Å²) in [7, 11) is 0. The van der Waals surface area contributed by atoms with Crippen molar-refractivity contribution >= 4 is 0 Å². The highest BCUT2D eigenvalue weighted by molar-refractivity contribution is 5.34. The van der Waals surface area contributed by atoms with Gasteiger partial charge >= 0.3 is 0 Å². The molecule has 2 aliphatic rings. The van der Waals surface area contributed by atoms with E-state index in [-0.39, 0.29) is 0 Å². The van der Waals surface area contributed by atoms with Gasteiger partial charge in [-0.25, -0.2) is 0 Å². The van der Waals surface area contributed by atoms with Crippen LogP contribution in [0, 0.1) is 0 Å². The van der Waals surface area contributed by atoms with Crippen LogP contribution in [0.5, 0.6) is 0 Å². The second kappa shape index (κ2) is 6.56. The van der Waals surface area contributed by atoms with E-state index in [0.29, 0.717) is 0 Å². The van der Waals surface area contributed by atoms with Crippen molar-refractivity contribution in [3.05, 3.63) is 35.4 Å². The van der Waals surface area contributed by atoms with Crippen LogP contribution in [0.15, 0.2) is 24.3 Å². The fraction of sp³-hybridized carbons (Fsp3) is 0.667. The fourth-order valence-electron chi connectivity index (χ4n) is 3.90. The highest BCUT2D eigenvalue weighted by Crippen LogP contribution is 2.36. The number of rotatable bonds is 5. The fourth-order valence-corrected chi connectivity index (χ4v) is 3.90. The maximum absolute atomic E-state index is 3.66. The molecule has 19 heavy (non-hydrogen) atoms. The molecule has 1 heteroatoms.